The molecule has 0 aliphatic carbocycles. The highest BCUT2D eigenvalue weighted by Crippen LogP contribution is 2.30. The van der Waals surface area contributed by atoms with Crippen LogP contribution in [0.15, 0.2) is 18.5 Å². The topological polar surface area (TPSA) is 50.1 Å². The van der Waals surface area contributed by atoms with Gasteiger partial charge in [0, 0.05) is 32.3 Å². The second-order valence-electron chi connectivity index (χ2n) is 7.13. The van der Waals surface area contributed by atoms with Crippen molar-refractivity contribution in [3.63, 3.8) is 0 Å². The van der Waals surface area contributed by atoms with Crippen LogP contribution in [0.5, 0.6) is 0 Å². The minimum atomic E-state index is -0.254. The monoisotopic (exact) mass is 344 g/mol. The lowest BCUT2D eigenvalue weighted by Gasteiger charge is -2.34. The standard InChI is InChI=1S/C18H25FN6/c1-23-17(13-24-8-2-3-9-24)21-22-18(23)14-5-4-10-25(12-14)16-6-7-20-11-15(16)19/h6-7,11,14H,2-5,8-10,12-13H2,1H3. The summed E-state index contributed by atoms with van der Waals surface area (Å²) < 4.78 is 16.2. The first kappa shape index (κ1) is 16.4. The predicted octanol–water partition coefficient (Wildman–Crippen LogP) is 2.33. The van der Waals surface area contributed by atoms with E-state index in [0.717, 1.165) is 57.2 Å². The summed E-state index contributed by atoms with van der Waals surface area (Å²) in [6.07, 6.45) is 7.59. The van der Waals surface area contributed by atoms with Gasteiger partial charge in [-0.3, -0.25) is 9.88 Å². The molecule has 0 radical (unpaired) electrons. The van der Waals surface area contributed by atoms with Crippen LogP contribution in [0.4, 0.5) is 10.1 Å². The minimum Gasteiger partial charge on any atom is -0.368 e. The normalized spacial score (nSPS) is 21.8. The summed E-state index contributed by atoms with van der Waals surface area (Å²) in [6, 6.07) is 1.76. The first-order valence-electron chi connectivity index (χ1n) is 9.17. The Morgan fingerprint density at radius 1 is 1.16 bits per heavy atom. The molecule has 2 saturated heterocycles. The molecule has 2 aliphatic heterocycles. The molecule has 0 N–H and O–H groups in total. The quantitative estimate of drug-likeness (QED) is 0.852. The fraction of sp³-hybridized carbons (Fsp3) is 0.611. The summed E-state index contributed by atoms with van der Waals surface area (Å²) in [7, 11) is 2.06. The Morgan fingerprint density at radius 2 is 2.00 bits per heavy atom. The molecule has 25 heavy (non-hydrogen) atoms. The highest BCUT2D eigenvalue weighted by Gasteiger charge is 2.27. The molecule has 4 rings (SSSR count). The summed E-state index contributed by atoms with van der Waals surface area (Å²) in [4.78, 5) is 8.40. The lowest BCUT2D eigenvalue weighted by Crippen LogP contribution is -2.36. The number of anilines is 1. The van der Waals surface area contributed by atoms with Crippen molar-refractivity contribution in [2.24, 2.45) is 7.05 Å². The number of aromatic nitrogens is 4. The molecular formula is C18H25FN6. The lowest BCUT2D eigenvalue weighted by molar-refractivity contribution is 0.317. The molecule has 0 aromatic carbocycles. The van der Waals surface area contributed by atoms with Gasteiger partial charge in [0.1, 0.15) is 11.6 Å². The van der Waals surface area contributed by atoms with Gasteiger partial charge in [0.05, 0.1) is 18.4 Å². The van der Waals surface area contributed by atoms with E-state index in [1.807, 2.05) is 0 Å². The maximum absolute atomic E-state index is 14.1. The van der Waals surface area contributed by atoms with Crippen molar-refractivity contribution in [2.75, 3.05) is 31.1 Å². The van der Waals surface area contributed by atoms with E-state index >= 15 is 0 Å². The van der Waals surface area contributed by atoms with Crippen LogP contribution < -0.4 is 4.90 Å². The van der Waals surface area contributed by atoms with Crippen molar-refractivity contribution in [2.45, 2.75) is 38.1 Å². The predicted molar refractivity (Wildman–Crippen MR) is 93.9 cm³/mol. The van der Waals surface area contributed by atoms with Crippen LogP contribution in [0.3, 0.4) is 0 Å². The Bertz CT molecular complexity index is 724. The van der Waals surface area contributed by atoms with E-state index in [9.17, 15) is 4.39 Å². The lowest BCUT2D eigenvalue weighted by atomic mass is 9.96. The second-order valence-corrected chi connectivity index (χ2v) is 7.13. The Labute approximate surface area is 147 Å². The van der Waals surface area contributed by atoms with Gasteiger partial charge in [0.25, 0.3) is 0 Å². The number of pyridine rings is 1. The Hall–Kier alpha value is -2.02. The summed E-state index contributed by atoms with van der Waals surface area (Å²) in [5, 5.41) is 8.92. The van der Waals surface area contributed by atoms with Gasteiger partial charge >= 0.3 is 0 Å². The zero-order chi connectivity index (χ0) is 17.2. The van der Waals surface area contributed by atoms with Gasteiger partial charge in [-0.2, -0.15) is 0 Å². The third-order valence-electron chi connectivity index (χ3n) is 5.44. The minimum absolute atomic E-state index is 0.254. The average Bonchev–Trinajstić information content (AvgIpc) is 3.27. The highest BCUT2D eigenvalue weighted by molar-refractivity contribution is 5.47. The molecule has 1 atom stereocenters. The second kappa shape index (κ2) is 7.07. The number of halogens is 1. The molecule has 0 amide bonds. The van der Waals surface area contributed by atoms with Crippen LogP contribution in [0.1, 0.15) is 43.3 Å². The molecule has 2 fully saturated rings. The maximum Gasteiger partial charge on any atom is 0.164 e. The number of piperidine rings is 1. The SMILES string of the molecule is Cn1c(CN2CCCC2)nnc1C1CCCN(c2ccncc2F)C1. The van der Waals surface area contributed by atoms with Gasteiger partial charge in [-0.15, -0.1) is 10.2 Å². The van der Waals surface area contributed by atoms with Crippen molar-refractivity contribution < 1.29 is 4.39 Å². The number of rotatable bonds is 4. The summed E-state index contributed by atoms with van der Waals surface area (Å²) >= 11 is 0. The summed E-state index contributed by atoms with van der Waals surface area (Å²) in [5.41, 5.74) is 0.638. The van der Waals surface area contributed by atoms with Gasteiger partial charge in [-0.05, 0) is 44.8 Å². The van der Waals surface area contributed by atoms with Crippen molar-refractivity contribution in [1.82, 2.24) is 24.6 Å². The zero-order valence-corrected chi connectivity index (χ0v) is 14.7. The van der Waals surface area contributed by atoms with Crippen LogP contribution in [-0.4, -0.2) is 50.8 Å². The Kier molecular flexibility index (Phi) is 4.65. The van der Waals surface area contributed by atoms with Crippen LogP contribution in [0.2, 0.25) is 0 Å². The van der Waals surface area contributed by atoms with Gasteiger partial charge < -0.3 is 9.47 Å². The molecule has 0 saturated carbocycles. The van der Waals surface area contributed by atoms with Gasteiger partial charge in [0.15, 0.2) is 5.82 Å². The smallest absolute Gasteiger partial charge is 0.164 e. The zero-order valence-electron chi connectivity index (χ0n) is 14.7. The molecule has 0 spiro atoms. The van der Waals surface area contributed by atoms with Gasteiger partial charge in [0.2, 0.25) is 0 Å². The first-order valence-corrected chi connectivity index (χ1v) is 9.17. The molecule has 1 unspecified atom stereocenters. The molecular weight excluding hydrogens is 319 g/mol. The van der Waals surface area contributed by atoms with Crippen LogP contribution in [0.25, 0.3) is 0 Å². The molecule has 2 aromatic heterocycles. The molecule has 7 heteroatoms. The Morgan fingerprint density at radius 3 is 2.80 bits per heavy atom. The third kappa shape index (κ3) is 3.38. The van der Waals surface area contributed by atoms with E-state index < -0.39 is 0 Å². The van der Waals surface area contributed by atoms with Crippen LogP contribution in [-0.2, 0) is 13.6 Å². The van der Waals surface area contributed by atoms with E-state index in [4.69, 9.17) is 0 Å². The maximum atomic E-state index is 14.1. The van der Waals surface area contributed by atoms with E-state index in [2.05, 4.69) is 36.6 Å². The largest absolute Gasteiger partial charge is 0.368 e. The fourth-order valence-electron chi connectivity index (χ4n) is 4.04. The molecule has 6 nitrogen and oxygen atoms in total. The fourth-order valence-corrected chi connectivity index (χ4v) is 4.04. The summed E-state index contributed by atoms with van der Waals surface area (Å²) in [6.45, 7) is 4.83. The number of likely N-dealkylation sites (tertiary alicyclic amines) is 1. The molecule has 4 heterocycles. The highest BCUT2D eigenvalue weighted by atomic mass is 19.1. The van der Waals surface area contributed by atoms with E-state index in [0.29, 0.717) is 5.69 Å². The third-order valence-corrected chi connectivity index (χ3v) is 5.44. The summed E-state index contributed by atoms with van der Waals surface area (Å²) in [5.74, 6) is 2.08. The number of hydrogen-bond acceptors (Lipinski definition) is 5. The van der Waals surface area contributed by atoms with Gasteiger partial charge in [-0.1, -0.05) is 0 Å². The van der Waals surface area contributed by atoms with Crippen molar-refractivity contribution in [1.29, 1.82) is 0 Å². The average molecular weight is 344 g/mol. The van der Waals surface area contributed by atoms with E-state index in [1.54, 1.807) is 12.3 Å². The molecule has 2 aliphatic rings. The van der Waals surface area contributed by atoms with Crippen molar-refractivity contribution in [3.05, 3.63) is 35.9 Å². The van der Waals surface area contributed by atoms with Crippen LogP contribution >= 0.6 is 0 Å². The first-order chi connectivity index (χ1) is 12.2. The van der Waals surface area contributed by atoms with E-state index in [1.165, 1.54) is 19.0 Å². The molecule has 2 aromatic rings. The van der Waals surface area contributed by atoms with Gasteiger partial charge in [-0.25, -0.2) is 4.39 Å². The number of hydrogen-bond donors (Lipinski definition) is 0. The van der Waals surface area contributed by atoms with Crippen molar-refractivity contribution in [3.8, 4) is 0 Å². The molecule has 0 bridgehead atoms. The van der Waals surface area contributed by atoms with Crippen molar-refractivity contribution >= 4 is 5.69 Å². The van der Waals surface area contributed by atoms with Crippen LogP contribution in [0, 0.1) is 5.82 Å². The number of nitrogens with zero attached hydrogens (tertiary/aromatic N) is 6. The molecule has 134 valence electrons. The van der Waals surface area contributed by atoms with E-state index in [-0.39, 0.29) is 11.7 Å². The Balaban J connectivity index is 1.50.